The molecule has 1 saturated carbocycles. The van der Waals surface area contributed by atoms with E-state index < -0.39 is 0 Å². The van der Waals surface area contributed by atoms with Crippen LogP contribution < -0.4 is 26.4 Å². The van der Waals surface area contributed by atoms with Gasteiger partial charge in [-0.25, -0.2) is 4.79 Å². The van der Waals surface area contributed by atoms with Crippen LogP contribution >= 0.6 is 0 Å². The van der Waals surface area contributed by atoms with E-state index in [0.29, 0.717) is 13.0 Å². The molecule has 138 valence electrons. The summed E-state index contributed by atoms with van der Waals surface area (Å²) in [4.78, 5) is 23.7. The summed E-state index contributed by atoms with van der Waals surface area (Å²) in [6, 6.07) is 7.78. The zero-order chi connectivity index (χ0) is 18.1. The molecule has 0 spiro atoms. The minimum absolute atomic E-state index is 0.0377. The van der Waals surface area contributed by atoms with Crippen molar-refractivity contribution in [1.29, 1.82) is 0 Å². The number of methoxy groups -OCH3 is 1. The minimum atomic E-state index is -0.305. The third-order valence-corrected chi connectivity index (χ3v) is 4.43. The second kappa shape index (κ2) is 9.88. The van der Waals surface area contributed by atoms with Crippen molar-refractivity contribution < 1.29 is 14.3 Å². The molecule has 1 aliphatic rings. The van der Waals surface area contributed by atoms with Gasteiger partial charge in [0.2, 0.25) is 5.91 Å². The van der Waals surface area contributed by atoms with E-state index in [9.17, 15) is 9.59 Å². The lowest BCUT2D eigenvalue weighted by atomic mass is 9.92. The molecule has 0 radical (unpaired) electrons. The van der Waals surface area contributed by atoms with Gasteiger partial charge in [0.1, 0.15) is 5.75 Å². The number of benzene rings is 1. The van der Waals surface area contributed by atoms with E-state index in [-0.39, 0.29) is 30.6 Å². The van der Waals surface area contributed by atoms with E-state index in [1.807, 2.05) is 24.3 Å². The Morgan fingerprint density at radius 3 is 2.60 bits per heavy atom. The van der Waals surface area contributed by atoms with Crippen LogP contribution in [0.4, 0.5) is 4.79 Å². The van der Waals surface area contributed by atoms with Crippen molar-refractivity contribution in [2.24, 2.45) is 5.73 Å². The maximum Gasteiger partial charge on any atom is 0.315 e. The molecule has 25 heavy (non-hydrogen) atoms. The van der Waals surface area contributed by atoms with Gasteiger partial charge in [0.15, 0.2) is 0 Å². The van der Waals surface area contributed by atoms with Crippen LogP contribution in [0.5, 0.6) is 5.75 Å². The SMILES string of the molecule is COc1ccccc1CCNC(=O)CNC(=O)NC1CCC(N)CC1. The number of para-hydroxylation sites is 1. The third-order valence-electron chi connectivity index (χ3n) is 4.43. The van der Waals surface area contributed by atoms with Gasteiger partial charge < -0.3 is 26.4 Å². The van der Waals surface area contributed by atoms with Crippen LogP contribution in [0.1, 0.15) is 31.2 Å². The summed E-state index contributed by atoms with van der Waals surface area (Å²) in [5, 5.41) is 8.28. The van der Waals surface area contributed by atoms with Gasteiger partial charge in [-0.15, -0.1) is 0 Å². The molecule has 0 bridgehead atoms. The van der Waals surface area contributed by atoms with E-state index in [1.165, 1.54) is 0 Å². The highest BCUT2D eigenvalue weighted by Gasteiger charge is 2.20. The molecule has 3 amide bonds. The molecule has 0 atom stereocenters. The van der Waals surface area contributed by atoms with Gasteiger partial charge in [0, 0.05) is 18.6 Å². The van der Waals surface area contributed by atoms with Gasteiger partial charge in [-0.2, -0.15) is 0 Å². The first-order chi connectivity index (χ1) is 12.1. The Balaban J connectivity index is 1.61. The third kappa shape index (κ3) is 6.62. The highest BCUT2D eigenvalue weighted by molar-refractivity contribution is 5.83. The topological polar surface area (TPSA) is 105 Å². The van der Waals surface area contributed by atoms with Crippen LogP contribution in [0.2, 0.25) is 0 Å². The molecule has 1 aliphatic carbocycles. The van der Waals surface area contributed by atoms with Gasteiger partial charge in [0.05, 0.1) is 13.7 Å². The molecule has 1 aromatic carbocycles. The maximum absolute atomic E-state index is 11.8. The number of nitrogens with one attached hydrogen (secondary N) is 3. The van der Waals surface area contributed by atoms with Crippen molar-refractivity contribution in [1.82, 2.24) is 16.0 Å². The smallest absolute Gasteiger partial charge is 0.315 e. The summed E-state index contributed by atoms with van der Waals surface area (Å²) in [5.41, 5.74) is 6.88. The predicted molar refractivity (Wildman–Crippen MR) is 96.5 cm³/mol. The lowest BCUT2D eigenvalue weighted by Crippen LogP contribution is -2.47. The van der Waals surface area contributed by atoms with Gasteiger partial charge in [-0.1, -0.05) is 18.2 Å². The average molecular weight is 348 g/mol. The Kier molecular flexibility index (Phi) is 7.53. The first-order valence-electron chi connectivity index (χ1n) is 8.77. The lowest BCUT2D eigenvalue weighted by molar-refractivity contribution is -0.120. The van der Waals surface area contributed by atoms with Crippen molar-refractivity contribution in [2.75, 3.05) is 20.2 Å². The Morgan fingerprint density at radius 2 is 1.88 bits per heavy atom. The number of urea groups is 1. The first kappa shape index (κ1) is 19.1. The summed E-state index contributed by atoms with van der Waals surface area (Å²) in [6.07, 6.45) is 4.30. The second-order valence-corrected chi connectivity index (χ2v) is 6.35. The number of nitrogens with two attached hydrogens (primary N) is 1. The number of hydrogen-bond donors (Lipinski definition) is 4. The largest absolute Gasteiger partial charge is 0.496 e. The molecule has 7 heteroatoms. The molecule has 0 saturated heterocycles. The quantitative estimate of drug-likeness (QED) is 0.588. The van der Waals surface area contributed by atoms with E-state index in [0.717, 1.165) is 37.0 Å². The van der Waals surface area contributed by atoms with Crippen molar-refractivity contribution >= 4 is 11.9 Å². The summed E-state index contributed by atoms with van der Waals surface area (Å²) in [7, 11) is 1.62. The monoisotopic (exact) mass is 348 g/mol. The van der Waals surface area contributed by atoms with Gasteiger partial charge in [-0.3, -0.25) is 4.79 Å². The van der Waals surface area contributed by atoms with Crippen LogP contribution in [0.3, 0.4) is 0 Å². The fraction of sp³-hybridized carbons (Fsp3) is 0.556. The Hall–Kier alpha value is -2.28. The van der Waals surface area contributed by atoms with E-state index >= 15 is 0 Å². The fourth-order valence-electron chi connectivity index (χ4n) is 2.97. The second-order valence-electron chi connectivity index (χ2n) is 6.35. The molecule has 1 aromatic rings. The summed E-state index contributed by atoms with van der Waals surface area (Å²) in [5.74, 6) is 0.595. The standard InChI is InChI=1S/C18H28N4O3/c1-25-16-5-3-2-4-13(16)10-11-20-17(23)12-21-18(24)22-15-8-6-14(19)7-9-15/h2-5,14-15H,6-12,19H2,1H3,(H,20,23)(H2,21,22,24). The van der Waals surface area contributed by atoms with Gasteiger partial charge >= 0.3 is 6.03 Å². The Morgan fingerprint density at radius 1 is 1.16 bits per heavy atom. The summed E-state index contributed by atoms with van der Waals surface area (Å²) in [6.45, 7) is 0.451. The molecule has 7 nitrogen and oxygen atoms in total. The van der Waals surface area contributed by atoms with Crippen LogP contribution in [-0.4, -0.2) is 44.2 Å². The van der Waals surface area contributed by atoms with Crippen molar-refractivity contribution in [3.05, 3.63) is 29.8 Å². The number of carbonyl (C=O) groups is 2. The number of hydrogen-bond acceptors (Lipinski definition) is 4. The Labute approximate surface area is 148 Å². The van der Waals surface area contributed by atoms with E-state index in [2.05, 4.69) is 16.0 Å². The highest BCUT2D eigenvalue weighted by Crippen LogP contribution is 2.17. The van der Waals surface area contributed by atoms with Crippen molar-refractivity contribution in [3.8, 4) is 5.75 Å². The normalized spacial score (nSPS) is 19.8. The molecule has 0 heterocycles. The average Bonchev–Trinajstić information content (AvgIpc) is 2.62. The van der Waals surface area contributed by atoms with Crippen LogP contribution in [0.15, 0.2) is 24.3 Å². The Bertz CT molecular complexity index is 571. The zero-order valence-corrected chi connectivity index (χ0v) is 14.7. The highest BCUT2D eigenvalue weighted by atomic mass is 16.5. The number of ether oxygens (including phenoxy) is 1. The number of rotatable bonds is 7. The van der Waals surface area contributed by atoms with Crippen LogP contribution in [0, 0.1) is 0 Å². The van der Waals surface area contributed by atoms with Crippen molar-refractivity contribution in [2.45, 2.75) is 44.2 Å². The predicted octanol–water partition coefficient (Wildman–Crippen LogP) is 0.923. The maximum atomic E-state index is 11.8. The van der Waals surface area contributed by atoms with E-state index in [1.54, 1.807) is 7.11 Å². The molecule has 1 fully saturated rings. The number of carbonyl (C=O) groups excluding carboxylic acids is 2. The molecular weight excluding hydrogens is 320 g/mol. The van der Waals surface area contributed by atoms with Crippen molar-refractivity contribution in [3.63, 3.8) is 0 Å². The fourth-order valence-corrected chi connectivity index (χ4v) is 2.97. The minimum Gasteiger partial charge on any atom is -0.496 e. The molecule has 0 unspecified atom stereocenters. The summed E-state index contributed by atoms with van der Waals surface area (Å²) >= 11 is 0. The van der Waals surface area contributed by atoms with Gasteiger partial charge in [-0.05, 0) is 43.7 Å². The molecule has 0 aliphatic heterocycles. The molecular formula is C18H28N4O3. The molecule has 0 aromatic heterocycles. The summed E-state index contributed by atoms with van der Waals surface area (Å²) < 4.78 is 5.27. The van der Waals surface area contributed by atoms with Crippen LogP contribution in [0.25, 0.3) is 0 Å². The molecule has 2 rings (SSSR count). The van der Waals surface area contributed by atoms with E-state index in [4.69, 9.17) is 10.5 Å². The van der Waals surface area contributed by atoms with Crippen LogP contribution in [-0.2, 0) is 11.2 Å². The molecule has 5 N–H and O–H groups in total. The number of amides is 3. The van der Waals surface area contributed by atoms with Gasteiger partial charge in [0.25, 0.3) is 0 Å². The zero-order valence-electron chi connectivity index (χ0n) is 14.7. The first-order valence-corrected chi connectivity index (χ1v) is 8.77. The lowest BCUT2D eigenvalue weighted by Gasteiger charge is -2.26.